The fourth-order valence-corrected chi connectivity index (χ4v) is 3.87. The third-order valence-corrected chi connectivity index (χ3v) is 5.26. The van der Waals surface area contributed by atoms with E-state index in [1.807, 2.05) is 60.7 Å². The first kappa shape index (κ1) is 19.9. The summed E-state index contributed by atoms with van der Waals surface area (Å²) in [6.07, 6.45) is -3.68. The molecule has 6 heteroatoms. The molecule has 6 nitrogen and oxygen atoms in total. The minimum Gasteiger partial charge on any atom is -0.394 e. The minimum absolute atomic E-state index is 0.0265. The SMILES string of the molecule is CO[C@@H]1O[C@@H]([C@@H](O)CO)[C@@](O)(Cc2ccccc2)[C@]1(O)Cc1ccccc1. The Labute approximate surface area is 158 Å². The van der Waals surface area contributed by atoms with Crippen molar-refractivity contribution in [2.45, 2.75) is 42.5 Å². The molecule has 1 fully saturated rings. The highest BCUT2D eigenvalue weighted by atomic mass is 16.7. The van der Waals surface area contributed by atoms with Gasteiger partial charge in [-0.15, -0.1) is 0 Å². The van der Waals surface area contributed by atoms with E-state index in [4.69, 9.17) is 9.47 Å². The first-order valence-corrected chi connectivity index (χ1v) is 8.94. The van der Waals surface area contributed by atoms with E-state index in [9.17, 15) is 20.4 Å². The van der Waals surface area contributed by atoms with E-state index in [2.05, 4.69) is 0 Å². The summed E-state index contributed by atoms with van der Waals surface area (Å²) in [5.41, 5.74) is -2.16. The molecule has 0 spiro atoms. The first-order valence-electron chi connectivity index (χ1n) is 8.94. The van der Waals surface area contributed by atoms with Crippen molar-refractivity contribution in [3.05, 3.63) is 71.8 Å². The summed E-state index contributed by atoms with van der Waals surface area (Å²) in [6, 6.07) is 18.4. The van der Waals surface area contributed by atoms with Crippen molar-refractivity contribution in [3.63, 3.8) is 0 Å². The number of ether oxygens (including phenoxy) is 2. The van der Waals surface area contributed by atoms with Gasteiger partial charge in [-0.3, -0.25) is 0 Å². The molecule has 2 aromatic carbocycles. The number of hydrogen-bond donors (Lipinski definition) is 4. The lowest BCUT2D eigenvalue weighted by atomic mass is 9.72. The Kier molecular flexibility index (Phi) is 5.95. The lowest BCUT2D eigenvalue weighted by Crippen LogP contribution is -2.64. The third kappa shape index (κ3) is 3.65. The summed E-state index contributed by atoms with van der Waals surface area (Å²) in [6.45, 7) is -0.611. The standard InChI is InChI=1S/C21H26O6/c1-26-19-21(25,13-16-10-6-3-7-11-16)20(24,18(27-19)17(23)14-22)12-15-8-4-2-5-9-15/h2-11,17-19,22-25H,12-14H2,1H3/t17-,18-,19+,20-,21-/m0/s1. The highest BCUT2D eigenvalue weighted by molar-refractivity contribution is 5.27. The van der Waals surface area contributed by atoms with Crippen molar-refractivity contribution in [1.82, 2.24) is 0 Å². The highest BCUT2D eigenvalue weighted by Gasteiger charge is 2.67. The van der Waals surface area contributed by atoms with Crippen LogP contribution in [0.4, 0.5) is 0 Å². The van der Waals surface area contributed by atoms with Gasteiger partial charge < -0.3 is 29.9 Å². The molecule has 1 saturated heterocycles. The van der Waals surface area contributed by atoms with Gasteiger partial charge in [-0.25, -0.2) is 0 Å². The Morgan fingerprint density at radius 3 is 1.85 bits per heavy atom. The predicted octanol–water partition coefficient (Wildman–Crippen LogP) is 0.658. The Morgan fingerprint density at radius 1 is 0.926 bits per heavy atom. The molecule has 0 unspecified atom stereocenters. The monoisotopic (exact) mass is 374 g/mol. The molecule has 5 atom stereocenters. The van der Waals surface area contributed by atoms with Crippen LogP contribution in [0.2, 0.25) is 0 Å². The second-order valence-corrected chi connectivity index (χ2v) is 7.05. The summed E-state index contributed by atoms with van der Waals surface area (Å²) < 4.78 is 11.0. The van der Waals surface area contributed by atoms with Gasteiger partial charge >= 0.3 is 0 Å². The Bertz CT molecular complexity index is 724. The van der Waals surface area contributed by atoms with Crippen molar-refractivity contribution < 1.29 is 29.9 Å². The maximum Gasteiger partial charge on any atom is 0.189 e. The van der Waals surface area contributed by atoms with Gasteiger partial charge in [0.25, 0.3) is 0 Å². The zero-order chi connectivity index (χ0) is 19.5. The fraction of sp³-hybridized carbons (Fsp3) is 0.429. The van der Waals surface area contributed by atoms with Crippen molar-refractivity contribution in [3.8, 4) is 0 Å². The van der Waals surface area contributed by atoms with E-state index in [-0.39, 0.29) is 12.8 Å². The lowest BCUT2D eigenvalue weighted by molar-refractivity contribution is -0.206. The topological polar surface area (TPSA) is 99.4 Å². The zero-order valence-electron chi connectivity index (χ0n) is 15.2. The van der Waals surface area contributed by atoms with Crippen LogP contribution in [0.1, 0.15) is 11.1 Å². The second-order valence-electron chi connectivity index (χ2n) is 7.05. The van der Waals surface area contributed by atoms with Gasteiger partial charge in [0.05, 0.1) is 6.61 Å². The summed E-state index contributed by atoms with van der Waals surface area (Å²) in [7, 11) is 1.37. The number of methoxy groups -OCH3 is 1. The minimum atomic E-state index is -1.88. The van der Waals surface area contributed by atoms with E-state index in [1.54, 1.807) is 0 Å². The number of aliphatic hydroxyl groups is 4. The molecule has 0 aliphatic carbocycles. The highest BCUT2D eigenvalue weighted by Crippen LogP contribution is 2.45. The van der Waals surface area contributed by atoms with E-state index < -0.39 is 36.3 Å². The van der Waals surface area contributed by atoms with Crippen molar-refractivity contribution in [2.75, 3.05) is 13.7 Å². The normalized spacial score (nSPS) is 31.7. The van der Waals surface area contributed by atoms with Gasteiger partial charge in [0, 0.05) is 20.0 Å². The number of benzene rings is 2. The molecule has 1 aliphatic heterocycles. The molecule has 0 bridgehead atoms. The predicted molar refractivity (Wildman–Crippen MR) is 99.0 cm³/mol. The molecular weight excluding hydrogens is 348 g/mol. The van der Waals surface area contributed by atoms with Crippen LogP contribution in [0.15, 0.2) is 60.7 Å². The second kappa shape index (κ2) is 8.06. The lowest BCUT2D eigenvalue weighted by Gasteiger charge is -2.41. The van der Waals surface area contributed by atoms with Crippen LogP contribution in [0.25, 0.3) is 0 Å². The molecule has 2 aromatic rings. The molecule has 0 radical (unpaired) electrons. The Morgan fingerprint density at radius 2 is 1.41 bits per heavy atom. The average Bonchev–Trinajstić information content (AvgIpc) is 2.89. The fourth-order valence-electron chi connectivity index (χ4n) is 3.87. The molecular formula is C21H26O6. The summed E-state index contributed by atoms with van der Waals surface area (Å²) in [5, 5.41) is 43.0. The van der Waals surface area contributed by atoms with Crippen molar-refractivity contribution in [2.24, 2.45) is 0 Å². The average molecular weight is 374 g/mol. The van der Waals surface area contributed by atoms with Gasteiger partial charge in [0.2, 0.25) is 0 Å². The molecule has 27 heavy (non-hydrogen) atoms. The molecule has 1 heterocycles. The Balaban J connectivity index is 2.04. The molecule has 146 valence electrons. The quantitative estimate of drug-likeness (QED) is 0.568. The molecule has 1 aliphatic rings. The summed E-state index contributed by atoms with van der Waals surface area (Å²) >= 11 is 0. The van der Waals surface area contributed by atoms with E-state index in [1.165, 1.54) is 7.11 Å². The third-order valence-electron chi connectivity index (χ3n) is 5.26. The molecule has 0 saturated carbocycles. The summed E-state index contributed by atoms with van der Waals surface area (Å²) in [4.78, 5) is 0. The van der Waals surface area contributed by atoms with Crippen molar-refractivity contribution in [1.29, 1.82) is 0 Å². The summed E-state index contributed by atoms with van der Waals surface area (Å²) in [5.74, 6) is 0. The van der Waals surface area contributed by atoms with Crippen LogP contribution in [0, 0.1) is 0 Å². The molecule has 0 aromatic heterocycles. The molecule has 3 rings (SSSR count). The van der Waals surface area contributed by atoms with Crippen LogP contribution < -0.4 is 0 Å². The molecule has 4 N–H and O–H groups in total. The van der Waals surface area contributed by atoms with Gasteiger partial charge in [0.1, 0.15) is 17.8 Å². The number of hydrogen-bond acceptors (Lipinski definition) is 6. The van der Waals surface area contributed by atoms with Crippen LogP contribution in [0.3, 0.4) is 0 Å². The van der Waals surface area contributed by atoms with Gasteiger partial charge in [-0.2, -0.15) is 0 Å². The van der Waals surface area contributed by atoms with Crippen LogP contribution in [-0.2, 0) is 22.3 Å². The van der Waals surface area contributed by atoms with Crippen LogP contribution in [-0.4, -0.2) is 63.8 Å². The van der Waals surface area contributed by atoms with Gasteiger partial charge in [-0.05, 0) is 11.1 Å². The maximum atomic E-state index is 11.7. The van der Waals surface area contributed by atoms with E-state index >= 15 is 0 Å². The number of rotatable bonds is 7. The smallest absolute Gasteiger partial charge is 0.189 e. The van der Waals surface area contributed by atoms with E-state index in [0.29, 0.717) is 0 Å². The number of aliphatic hydroxyl groups excluding tert-OH is 2. The van der Waals surface area contributed by atoms with Gasteiger partial charge in [-0.1, -0.05) is 60.7 Å². The van der Waals surface area contributed by atoms with Crippen LogP contribution in [0.5, 0.6) is 0 Å². The van der Waals surface area contributed by atoms with Crippen LogP contribution >= 0.6 is 0 Å². The maximum absolute atomic E-state index is 11.7. The van der Waals surface area contributed by atoms with E-state index in [0.717, 1.165) is 11.1 Å². The zero-order valence-corrected chi connectivity index (χ0v) is 15.2. The molecule has 0 amide bonds. The largest absolute Gasteiger partial charge is 0.394 e. The van der Waals surface area contributed by atoms with Gasteiger partial charge in [0.15, 0.2) is 11.9 Å². The van der Waals surface area contributed by atoms with Crippen molar-refractivity contribution >= 4 is 0 Å². The Hall–Kier alpha value is -1.80. The first-order chi connectivity index (χ1) is 12.9.